The van der Waals surface area contributed by atoms with Crippen molar-refractivity contribution in [3.05, 3.63) is 23.8 Å². The SMILES string of the molecule is Nc1cc(C(=O)O)ccc1OCC1CNC(=O)O1. The van der Waals surface area contributed by atoms with E-state index >= 15 is 0 Å². The first-order valence-corrected chi connectivity index (χ1v) is 5.26. The van der Waals surface area contributed by atoms with Crippen LogP contribution in [0.25, 0.3) is 0 Å². The average molecular weight is 252 g/mol. The molecule has 1 aromatic carbocycles. The number of hydrogen-bond donors (Lipinski definition) is 3. The molecular formula is C11H12N2O5. The van der Waals surface area contributed by atoms with Gasteiger partial charge < -0.3 is 25.6 Å². The van der Waals surface area contributed by atoms with E-state index in [-0.39, 0.29) is 24.0 Å². The summed E-state index contributed by atoms with van der Waals surface area (Å²) in [6, 6.07) is 4.19. The topological polar surface area (TPSA) is 111 Å². The third kappa shape index (κ3) is 2.62. The Hall–Kier alpha value is -2.44. The van der Waals surface area contributed by atoms with Gasteiger partial charge in [-0.1, -0.05) is 0 Å². The number of nitrogens with two attached hydrogens (primary N) is 1. The van der Waals surface area contributed by atoms with E-state index in [1.54, 1.807) is 0 Å². The highest BCUT2D eigenvalue weighted by Gasteiger charge is 2.23. The molecule has 1 aliphatic heterocycles. The van der Waals surface area contributed by atoms with Gasteiger partial charge in [0, 0.05) is 0 Å². The highest BCUT2D eigenvalue weighted by Crippen LogP contribution is 2.23. The van der Waals surface area contributed by atoms with Crippen LogP contribution in [0, 0.1) is 0 Å². The number of carboxylic acids is 1. The van der Waals surface area contributed by atoms with Crippen molar-refractivity contribution in [1.82, 2.24) is 5.32 Å². The minimum absolute atomic E-state index is 0.0915. The van der Waals surface area contributed by atoms with Crippen molar-refractivity contribution in [3.8, 4) is 5.75 Å². The van der Waals surface area contributed by atoms with E-state index in [1.165, 1.54) is 18.2 Å². The standard InChI is InChI=1S/C11H12N2O5/c12-8-3-6(10(14)15)1-2-9(8)17-5-7-4-13-11(16)18-7/h1-3,7H,4-5,12H2,(H,13,16)(H,14,15). The highest BCUT2D eigenvalue weighted by atomic mass is 16.6. The summed E-state index contributed by atoms with van der Waals surface area (Å²) >= 11 is 0. The van der Waals surface area contributed by atoms with Gasteiger partial charge in [-0.15, -0.1) is 0 Å². The Morgan fingerprint density at radius 2 is 2.39 bits per heavy atom. The Morgan fingerprint density at radius 3 is 2.94 bits per heavy atom. The van der Waals surface area contributed by atoms with Gasteiger partial charge in [0.1, 0.15) is 12.4 Å². The molecule has 18 heavy (non-hydrogen) atoms. The molecule has 0 aliphatic carbocycles. The molecule has 7 nitrogen and oxygen atoms in total. The van der Waals surface area contributed by atoms with Crippen molar-refractivity contribution in [2.24, 2.45) is 0 Å². The van der Waals surface area contributed by atoms with Crippen LogP contribution in [0.15, 0.2) is 18.2 Å². The minimum Gasteiger partial charge on any atom is -0.487 e. The van der Waals surface area contributed by atoms with Gasteiger partial charge >= 0.3 is 12.1 Å². The number of amides is 1. The molecule has 0 saturated carbocycles. The van der Waals surface area contributed by atoms with E-state index in [1.807, 2.05) is 0 Å². The van der Waals surface area contributed by atoms with Crippen molar-refractivity contribution < 1.29 is 24.2 Å². The van der Waals surface area contributed by atoms with Crippen LogP contribution in [0.1, 0.15) is 10.4 Å². The maximum atomic E-state index is 10.8. The molecule has 96 valence electrons. The molecule has 4 N–H and O–H groups in total. The van der Waals surface area contributed by atoms with Crippen LogP contribution in [0.3, 0.4) is 0 Å². The number of benzene rings is 1. The molecule has 1 amide bonds. The summed E-state index contributed by atoms with van der Waals surface area (Å²) in [6.07, 6.45) is -0.839. The van der Waals surface area contributed by atoms with Gasteiger partial charge in [-0.2, -0.15) is 0 Å². The second-order valence-corrected chi connectivity index (χ2v) is 3.78. The second-order valence-electron chi connectivity index (χ2n) is 3.78. The molecule has 0 radical (unpaired) electrons. The van der Waals surface area contributed by atoms with Crippen LogP contribution in [-0.2, 0) is 4.74 Å². The van der Waals surface area contributed by atoms with Crippen molar-refractivity contribution in [1.29, 1.82) is 0 Å². The highest BCUT2D eigenvalue weighted by molar-refractivity contribution is 5.89. The zero-order chi connectivity index (χ0) is 13.1. The van der Waals surface area contributed by atoms with Crippen LogP contribution in [-0.4, -0.2) is 36.4 Å². The predicted octanol–water partition coefficient (Wildman–Crippen LogP) is 0.454. The molecule has 2 rings (SSSR count). The summed E-state index contributed by atoms with van der Waals surface area (Å²) in [7, 11) is 0. The van der Waals surface area contributed by atoms with Crippen molar-refractivity contribution in [2.75, 3.05) is 18.9 Å². The van der Waals surface area contributed by atoms with Crippen LogP contribution in [0.4, 0.5) is 10.5 Å². The Bertz CT molecular complexity index is 488. The lowest BCUT2D eigenvalue weighted by Gasteiger charge is -2.12. The number of aromatic carboxylic acids is 1. The van der Waals surface area contributed by atoms with E-state index < -0.39 is 12.1 Å². The normalized spacial score (nSPS) is 18.0. The Morgan fingerprint density at radius 1 is 1.61 bits per heavy atom. The number of cyclic esters (lactones) is 1. The molecule has 1 saturated heterocycles. The van der Waals surface area contributed by atoms with Crippen LogP contribution < -0.4 is 15.8 Å². The lowest BCUT2D eigenvalue weighted by Crippen LogP contribution is -2.22. The number of rotatable bonds is 4. The first-order chi connectivity index (χ1) is 8.56. The molecule has 1 heterocycles. The molecule has 1 atom stereocenters. The largest absolute Gasteiger partial charge is 0.487 e. The van der Waals surface area contributed by atoms with Gasteiger partial charge in [0.2, 0.25) is 0 Å². The molecule has 0 aromatic heterocycles. The number of carboxylic acid groups (broad SMARTS) is 1. The number of nitrogens with one attached hydrogen (secondary N) is 1. The van der Waals surface area contributed by atoms with E-state index in [0.29, 0.717) is 12.3 Å². The monoisotopic (exact) mass is 252 g/mol. The Kier molecular flexibility index (Phi) is 3.22. The maximum absolute atomic E-state index is 10.8. The van der Waals surface area contributed by atoms with Gasteiger partial charge in [0.05, 0.1) is 17.8 Å². The van der Waals surface area contributed by atoms with Crippen molar-refractivity contribution in [3.63, 3.8) is 0 Å². The van der Waals surface area contributed by atoms with Crippen LogP contribution >= 0.6 is 0 Å². The number of hydrogen-bond acceptors (Lipinski definition) is 5. The number of carbonyl (C=O) groups is 2. The summed E-state index contributed by atoms with van der Waals surface area (Å²) in [5, 5.41) is 11.3. The van der Waals surface area contributed by atoms with E-state index in [2.05, 4.69) is 5.32 Å². The molecule has 1 aliphatic rings. The first kappa shape index (κ1) is 12.0. The van der Waals surface area contributed by atoms with Gasteiger partial charge in [-0.05, 0) is 18.2 Å². The first-order valence-electron chi connectivity index (χ1n) is 5.26. The van der Waals surface area contributed by atoms with Gasteiger partial charge in [0.25, 0.3) is 0 Å². The lowest BCUT2D eigenvalue weighted by atomic mass is 10.2. The van der Waals surface area contributed by atoms with Crippen molar-refractivity contribution >= 4 is 17.7 Å². The number of carbonyl (C=O) groups excluding carboxylic acids is 1. The average Bonchev–Trinajstić information content (AvgIpc) is 2.73. The van der Waals surface area contributed by atoms with Gasteiger partial charge in [-0.3, -0.25) is 0 Å². The molecule has 1 fully saturated rings. The maximum Gasteiger partial charge on any atom is 0.407 e. The third-order valence-corrected chi connectivity index (χ3v) is 2.43. The Labute approximate surface area is 102 Å². The summed E-state index contributed by atoms with van der Waals surface area (Å²) in [5.41, 5.74) is 5.98. The zero-order valence-electron chi connectivity index (χ0n) is 9.38. The quantitative estimate of drug-likeness (QED) is 0.671. The molecule has 0 spiro atoms. The van der Waals surface area contributed by atoms with E-state index in [9.17, 15) is 9.59 Å². The fourth-order valence-electron chi connectivity index (χ4n) is 1.52. The predicted molar refractivity (Wildman–Crippen MR) is 61.6 cm³/mol. The molecular weight excluding hydrogens is 240 g/mol. The number of anilines is 1. The van der Waals surface area contributed by atoms with E-state index in [4.69, 9.17) is 20.3 Å². The third-order valence-electron chi connectivity index (χ3n) is 2.43. The minimum atomic E-state index is -1.05. The Balaban J connectivity index is 1.97. The van der Waals surface area contributed by atoms with Crippen LogP contribution in [0.2, 0.25) is 0 Å². The summed E-state index contributed by atoms with van der Waals surface area (Å²) in [5.74, 6) is -0.690. The van der Waals surface area contributed by atoms with Gasteiger partial charge in [-0.25, -0.2) is 9.59 Å². The molecule has 7 heteroatoms. The van der Waals surface area contributed by atoms with Crippen molar-refractivity contribution in [2.45, 2.75) is 6.10 Å². The zero-order valence-corrected chi connectivity index (χ0v) is 9.38. The molecule has 1 unspecified atom stereocenters. The summed E-state index contributed by atoms with van der Waals surface area (Å²) < 4.78 is 10.2. The number of nitrogen functional groups attached to an aromatic ring is 1. The fourth-order valence-corrected chi connectivity index (χ4v) is 1.52. The number of ether oxygens (including phenoxy) is 2. The molecule has 1 aromatic rings. The lowest BCUT2D eigenvalue weighted by molar-refractivity contribution is 0.0696. The summed E-state index contributed by atoms with van der Waals surface area (Å²) in [6.45, 7) is 0.543. The van der Waals surface area contributed by atoms with Crippen LogP contribution in [0.5, 0.6) is 5.75 Å². The van der Waals surface area contributed by atoms with E-state index in [0.717, 1.165) is 0 Å². The second kappa shape index (κ2) is 4.82. The molecule has 0 bridgehead atoms. The summed E-state index contributed by atoms with van der Waals surface area (Å²) in [4.78, 5) is 21.5. The fraction of sp³-hybridized carbons (Fsp3) is 0.273. The number of alkyl carbamates (subject to hydrolysis) is 1. The van der Waals surface area contributed by atoms with Gasteiger partial charge in [0.15, 0.2) is 6.10 Å². The smallest absolute Gasteiger partial charge is 0.407 e.